The Hall–Kier alpha value is -2.94. The molecule has 1 aromatic carbocycles. The van der Waals surface area contributed by atoms with E-state index in [1.807, 2.05) is 18.2 Å². The number of carbonyl (C=O) groups is 2. The Morgan fingerprint density at radius 1 is 0.714 bits per heavy atom. The summed E-state index contributed by atoms with van der Waals surface area (Å²) in [5.74, 6) is 0.662. The van der Waals surface area contributed by atoms with Crippen LogP contribution >= 0.6 is 0 Å². The number of carbonyl (C=O) groups excluding carboxylic acids is 2. The van der Waals surface area contributed by atoms with E-state index in [4.69, 9.17) is 4.74 Å². The van der Waals surface area contributed by atoms with Gasteiger partial charge in [-0.15, -0.1) is 0 Å². The van der Waals surface area contributed by atoms with E-state index in [0.717, 1.165) is 11.1 Å². The third-order valence-corrected chi connectivity index (χ3v) is 3.10. The van der Waals surface area contributed by atoms with Crippen LogP contribution in [-0.4, -0.2) is 11.6 Å². The fourth-order valence-electron chi connectivity index (χ4n) is 2.03. The number of rotatable bonds is 2. The average molecular weight is 276 g/mol. The molecule has 3 nitrogen and oxygen atoms in total. The number of para-hydroxylation sites is 1. The standard InChI is InChI=1S/C18H12O3/c19-15-9-6-13(7-10-15)14-8-11-17(20)18(12-14)21-16-4-2-1-3-5-16/h1-12H. The monoisotopic (exact) mass is 276 g/mol. The zero-order chi connectivity index (χ0) is 14.7. The Morgan fingerprint density at radius 2 is 1.38 bits per heavy atom. The highest BCUT2D eigenvalue weighted by Gasteiger charge is 2.15. The van der Waals surface area contributed by atoms with E-state index < -0.39 is 0 Å². The van der Waals surface area contributed by atoms with Crippen LogP contribution in [-0.2, 0) is 9.59 Å². The molecule has 3 heteroatoms. The Balaban J connectivity index is 1.92. The maximum atomic E-state index is 11.9. The van der Waals surface area contributed by atoms with Crippen molar-refractivity contribution in [3.05, 3.63) is 89.8 Å². The number of benzene rings is 1. The van der Waals surface area contributed by atoms with Crippen LogP contribution in [0, 0.1) is 0 Å². The first kappa shape index (κ1) is 13.1. The molecule has 0 radical (unpaired) electrons. The maximum Gasteiger partial charge on any atom is 0.221 e. The van der Waals surface area contributed by atoms with E-state index in [-0.39, 0.29) is 17.3 Å². The minimum absolute atomic E-state index is 0.0417. The molecule has 0 unspecified atom stereocenters. The lowest BCUT2D eigenvalue weighted by Crippen LogP contribution is -2.10. The Labute approximate surface area is 122 Å². The minimum atomic E-state index is -0.178. The third-order valence-electron chi connectivity index (χ3n) is 3.10. The van der Waals surface area contributed by atoms with Gasteiger partial charge in [0.25, 0.3) is 0 Å². The summed E-state index contributed by atoms with van der Waals surface area (Å²) in [5.41, 5.74) is 1.70. The summed E-state index contributed by atoms with van der Waals surface area (Å²) < 4.78 is 5.62. The van der Waals surface area contributed by atoms with Crippen molar-refractivity contribution in [2.24, 2.45) is 0 Å². The summed E-state index contributed by atoms with van der Waals surface area (Å²) in [4.78, 5) is 23.0. The summed E-state index contributed by atoms with van der Waals surface area (Å²) in [7, 11) is 0. The predicted molar refractivity (Wildman–Crippen MR) is 79.6 cm³/mol. The normalized spacial score (nSPS) is 17.2. The van der Waals surface area contributed by atoms with Gasteiger partial charge in [-0.05, 0) is 47.6 Å². The third kappa shape index (κ3) is 2.98. The van der Waals surface area contributed by atoms with Crippen LogP contribution in [0.3, 0.4) is 0 Å². The second-order valence-corrected chi connectivity index (χ2v) is 4.60. The zero-order valence-electron chi connectivity index (χ0n) is 11.2. The van der Waals surface area contributed by atoms with Crippen molar-refractivity contribution in [2.45, 2.75) is 0 Å². The van der Waals surface area contributed by atoms with Crippen LogP contribution in [0.5, 0.6) is 5.75 Å². The van der Waals surface area contributed by atoms with Crippen molar-refractivity contribution in [3.63, 3.8) is 0 Å². The molecule has 0 saturated carbocycles. The quantitative estimate of drug-likeness (QED) is 0.833. The van der Waals surface area contributed by atoms with Gasteiger partial charge < -0.3 is 4.74 Å². The molecule has 102 valence electrons. The average Bonchev–Trinajstić information content (AvgIpc) is 2.51. The first-order valence-corrected chi connectivity index (χ1v) is 6.54. The Morgan fingerprint density at radius 3 is 2.10 bits per heavy atom. The summed E-state index contributed by atoms with van der Waals surface area (Å²) in [6.07, 6.45) is 11.3. The SMILES string of the molecule is O=C1C=CC(=C2C=CC(=O)C(Oc3ccccc3)=C2)C=C1. The summed E-state index contributed by atoms with van der Waals surface area (Å²) in [6, 6.07) is 9.15. The first-order valence-electron chi connectivity index (χ1n) is 6.54. The molecule has 0 aromatic heterocycles. The summed E-state index contributed by atoms with van der Waals surface area (Å²) >= 11 is 0. The highest BCUT2D eigenvalue weighted by molar-refractivity contribution is 6.05. The number of hydrogen-bond acceptors (Lipinski definition) is 3. The molecular weight excluding hydrogens is 264 g/mol. The van der Waals surface area contributed by atoms with Gasteiger partial charge in [-0.25, -0.2) is 0 Å². The molecule has 0 fully saturated rings. The van der Waals surface area contributed by atoms with Crippen molar-refractivity contribution in [2.75, 3.05) is 0 Å². The van der Waals surface area contributed by atoms with Gasteiger partial charge in [-0.2, -0.15) is 0 Å². The van der Waals surface area contributed by atoms with Crippen LogP contribution in [0.4, 0.5) is 0 Å². The van der Waals surface area contributed by atoms with Crippen LogP contribution in [0.2, 0.25) is 0 Å². The summed E-state index contributed by atoms with van der Waals surface area (Å²) in [5, 5.41) is 0. The molecule has 0 saturated heterocycles. The molecule has 1 aromatic rings. The van der Waals surface area contributed by atoms with Crippen LogP contribution in [0.1, 0.15) is 0 Å². The highest BCUT2D eigenvalue weighted by atomic mass is 16.5. The molecule has 21 heavy (non-hydrogen) atoms. The number of ketones is 2. The second-order valence-electron chi connectivity index (χ2n) is 4.60. The van der Waals surface area contributed by atoms with Gasteiger partial charge in [0.1, 0.15) is 5.75 Å². The van der Waals surface area contributed by atoms with E-state index in [0.29, 0.717) is 5.75 Å². The molecule has 0 N–H and O–H groups in total. The zero-order valence-corrected chi connectivity index (χ0v) is 11.2. The predicted octanol–water partition coefficient (Wildman–Crippen LogP) is 3.08. The van der Waals surface area contributed by atoms with Crippen molar-refractivity contribution in [1.82, 2.24) is 0 Å². The van der Waals surface area contributed by atoms with Gasteiger partial charge >= 0.3 is 0 Å². The number of ether oxygens (including phenoxy) is 1. The van der Waals surface area contributed by atoms with Gasteiger partial charge in [0.15, 0.2) is 11.5 Å². The van der Waals surface area contributed by atoms with Gasteiger partial charge in [0, 0.05) is 0 Å². The van der Waals surface area contributed by atoms with Crippen LogP contribution in [0.25, 0.3) is 0 Å². The largest absolute Gasteiger partial charge is 0.453 e. The summed E-state index contributed by atoms with van der Waals surface area (Å²) in [6.45, 7) is 0. The van der Waals surface area contributed by atoms with E-state index in [9.17, 15) is 9.59 Å². The van der Waals surface area contributed by atoms with Crippen molar-refractivity contribution in [3.8, 4) is 5.75 Å². The number of allylic oxidation sites excluding steroid dienone is 9. The van der Waals surface area contributed by atoms with Gasteiger partial charge in [-0.3, -0.25) is 9.59 Å². The van der Waals surface area contributed by atoms with Crippen LogP contribution < -0.4 is 4.74 Å². The van der Waals surface area contributed by atoms with Gasteiger partial charge in [0.2, 0.25) is 5.78 Å². The molecule has 0 atom stereocenters. The van der Waals surface area contributed by atoms with Crippen molar-refractivity contribution >= 4 is 11.6 Å². The Bertz CT molecular complexity index is 726. The fourth-order valence-corrected chi connectivity index (χ4v) is 2.03. The van der Waals surface area contributed by atoms with E-state index >= 15 is 0 Å². The molecule has 0 amide bonds. The first-order chi connectivity index (χ1) is 10.2. The van der Waals surface area contributed by atoms with Gasteiger partial charge in [-0.1, -0.05) is 36.4 Å². The lowest BCUT2D eigenvalue weighted by atomic mass is 9.98. The van der Waals surface area contributed by atoms with Crippen molar-refractivity contribution < 1.29 is 14.3 Å². The van der Waals surface area contributed by atoms with E-state index in [1.54, 1.807) is 36.4 Å². The van der Waals surface area contributed by atoms with E-state index in [2.05, 4.69) is 0 Å². The number of hydrogen-bond donors (Lipinski definition) is 0. The molecule has 2 aliphatic carbocycles. The smallest absolute Gasteiger partial charge is 0.221 e. The van der Waals surface area contributed by atoms with Crippen LogP contribution in [0.15, 0.2) is 89.8 Å². The molecule has 0 aliphatic heterocycles. The van der Waals surface area contributed by atoms with Crippen molar-refractivity contribution in [1.29, 1.82) is 0 Å². The highest BCUT2D eigenvalue weighted by Crippen LogP contribution is 2.22. The molecule has 2 aliphatic rings. The Kier molecular flexibility index (Phi) is 3.48. The second kappa shape index (κ2) is 5.59. The lowest BCUT2D eigenvalue weighted by molar-refractivity contribution is -0.113. The van der Waals surface area contributed by atoms with E-state index in [1.165, 1.54) is 18.2 Å². The maximum absolute atomic E-state index is 11.9. The molecule has 0 bridgehead atoms. The molecule has 0 spiro atoms. The molecule has 0 heterocycles. The fraction of sp³-hybridized carbons (Fsp3) is 0. The van der Waals surface area contributed by atoms with Gasteiger partial charge in [0.05, 0.1) is 0 Å². The topological polar surface area (TPSA) is 43.4 Å². The molecular formula is C18H12O3. The molecule has 3 rings (SSSR count). The minimum Gasteiger partial charge on any atom is -0.453 e. The lowest BCUT2D eigenvalue weighted by Gasteiger charge is -2.13.